The molecule has 3 N–H and O–H groups in total. The van der Waals surface area contributed by atoms with Crippen molar-refractivity contribution >= 4 is 11.6 Å². The minimum Gasteiger partial charge on any atom is -0.491 e. The summed E-state index contributed by atoms with van der Waals surface area (Å²) in [6.07, 6.45) is 0.836. The van der Waals surface area contributed by atoms with E-state index in [-0.39, 0.29) is 12.5 Å². The number of nitrogens with two attached hydrogens (primary N) is 1. The number of fused-ring (bicyclic) bond motifs is 1. The molecule has 1 aliphatic carbocycles. The van der Waals surface area contributed by atoms with Crippen LogP contribution in [0.2, 0.25) is 0 Å². The van der Waals surface area contributed by atoms with Gasteiger partial charge in [-0.05, 0) is 50.3 Å². The van der Waals surface area contributed by atoms with Crippen molar-refractivity contribution in [2.24, 2.45) is 5.92 Å². The molecule has 1 aromatic carbocycles. The fraction of sp³-hybridized carbons (Fsp3) is 0.588. The lowest BCUT2D eigenvalue weighted by Crippen LogP contribution is -2.42. The number of amides is 1. The second-order valence-corrected chi connectivity index (χ2v) is 7.11. The number of rotatable bonds is 6. The molecule has 23 heavy (non-hydrogen) atoms. The van der Waals surface area contributed by atoms with Crippen molar-refractivity contribution in [3.63, 3.8) is 0 Å². The molecule has 1 fully saturated rings. The number of nitrogen functional groups attached to an aromatic ring is 1. The van der Waals surface area contributed by atoms with Crippen LogP contribution in [0.4, 0.5) is 10.1 Å². The molecular weight excluding hydrogens is 299 g/mol. The van der Waals surface area contributed by atoms with Crippen LogP contribution in [-0.4, -0.2) is 40.8 Å². The Bertz CT molecular complexity index is 623. The van der Waals surface area contributed by atoms with Crippen LogP contribution in [0.3, 0.4) is 0 Å². The number of alkyl halides is 1. The van der Waals surface area contributed by atoms with Crippen molar-refractivity contribution in [2.45, 2.75) is 45.0 Å². The highest BCUT2D eigenvalue weighted by Gasteiger charge is 2.35. The molecule has 0 radical (unpaired) electrons. The van der Waals surface area contributed by atoms with Gasteiger partial charge in [-0.2, -0.15) is 0 Å². The molecule has 0 unspecified atom stereocenters. The third-order valence-corrected chi connectivity index (χ3v) is 4.43. The van der Waals surface area contributed by atoms with Crippen molar-refractivity contribution in [1.29, 1.82) is 0 Å². The Morgan fingerprint density at radius 1 is 1.48 bits per heavy atom. The van der Waals surface area contributed by atoms with E-state index < -0.39 is 11.8 Å². The number of hydrogen-bond acceptors (Lipinski definition) is 4. The van der Waals surface area contributed by atoms with Crippen LogP contribution >= 0.6 is 0 Å². The van der Waals surface area contributed by atoms with Crippen LogP contribution in [0.15, 0.2) is 12.1 Å². The van der Waals surface area contributed by atoms with E-state index >= 15 is 0 Å². The summed E-state index contributed by atoms with van der Waals surface area (Å²) < 4.78 is 19.7. The first-order valence-corrected chi connectivity index (χ1v) is 7.96. The van der Waals surface area contributed by atoms with E-state index in [1.165, 1.54) is 31.6 Å². The summed E-state index contributed by atoms with van der Waals surface area (Å²) in [5, 5.41) is 9.71. The third kappa shape index (κ3) is 3.42. The Balaban J connectivity index is 1.73. The number of hydrogen-bond donors (Lipinski definition) is 2. The van der Waals surface area contributed by atoms with Crippen molar-refractivity contribution in [2.75, 3.05) is 18.9 Å². The lowest BCUT2D eigenvalue weighted by molar-refractivity contribution is -0.0159. The third-order valence-electron chi connectivity index (χ3n) is 4.43. The second-order valence-electron chi connectivity index (χ2n) is 7.11. The number of carbonyl (C=O) groups is 1. The second kappa shape index (κ2) is 5.67. The van der Waals surface area contributed by atoms with E-state index in [2.05, 4.69) is 0 Å². The quantitative estimate of drug-likeness (QED) is 0.787. The first-order chi connectivity index (χ1) is 10.8. The van der Waals surface area contributed by atoms with E-state index in [0.29, 0.717) is 36.1 Å². The summed E-state index contributed by atoms with van der Waals surface area (Å²) in [7, 11) is 0. The van der Waals surface area contributed by atoms with Crippen molar-refractivity contribution < 1.29 is 19.0 Å². The fourth-order valence-corrected chi connectivity index (χ4v) is 2.60. The van der Waals surface area contributed by atoms with Crippen LogP contribution in [0, 0.1) is 5.92 Å². The average molecular weight is 322 g/mol. The summed E-state index contributed by atoms with van der Waals surface area (Å²) in [6.45, 7) is 3.57. The maximum absolute atomic E-state index is 14.0. The highest BCUT2D eigenvalue weighted by molar-refractivity contribution is 5.99. The van der Waals surface area contributed by atoms with Gasteiger partial charge in [0.05, 0.1) is 24.4 Å². The van der Waals surface area contributed by atoms with Gasteiger partial charge in [-0.15, -0.1) is 0 Å². The normalized spacial score (nSPS) is 19.0. The number of aliphatic hydroxyl groups is 1. The van der Waals surface area contributed by atoms with Gasteiger partial charge >= 0.3 is 0 Å². The summed E-state index contributed by atoms with van der Waals surface area (Å²) in [6, 6.07) is 3.39. The fourth-order valence-electron chi connectivity index (χ4n) is 2.60. The molecule has 5 nitrogen and oxygen atoms in total. The lowest BCUT2D eigenvalue weighted by Gasteiger charge is -2.26. The van der Waals surface area contributed by atoms with Crippen molar-refractivity contribution in [3.05, 3.63) is 23.3 Å². The van der Waals surface area contributed by atoms with Gasteiger partial charge in [-0.25, -0.2) is 4.39 Å². The first kappa shape index (κ1) is 16.1. The zero-order valence-corrected chi connectivity index (χ0v) is 13.5. The number of halogens is 1. The van der Waals surface area contributed by atoms with Crippen LogP contribution < -0.4 is 10.5 Å². The summed E-state index contributed by atoms with van der Waals surface area (Å²) in [5.74, 6) is 0.863. The molecule has 0 bridgehead atoms. The SMILES string of the molecule is CC(C)(O)[C@H](F)CN1Cc2cc(N)c(OCC3CC3)cc2C1=O. The van der Waals surface area contributed by atoms with E-state index in [0.717, 1.165) is 5.56 Å². The molecule has 1 heterocycles. The van der Waals surface area contributed by atoms with Gasteiger partial charge in [0.1, 0.15) is 11.9 Å². The Kier molecular flexibility index (Phi) is 3.96. The van der Waals surface area contributed by atoms with E-state index in [4.69, 9.17) is 10.5 Å². The first-order valence-electron chi connectivity index (χ1n) is 7.96. The molecule has 1 saturated carbocycles. The van der Waals surface area contributed by atoms with E-state index in [9.17, 15) is 14.3 Å². The number of anilines is 1. The molecule has 0 saturated heterocycles. The van der Waals surface area contributed by atoms with Gasteiger partial charge < -0.3 is 20.5 Å². The molecule has 3 rings (SSSR count). The van der Waals surface area contributed by atoms with Gasteiger partial charge in [0.25, 0.3) is 5.91 Å². The van der Waals surface area contributed by atoms with Crippen molar-refractivity contribution in [3.8, 4) is 5.75 Å². The van der Waals surface area contributed by atoms with Gasteiger partial charge in [0.15, 0.2) is 0 Å². The van der Waals surface area contributed by atoms with Gasteiger partial charge in [0.2, 0.25) is 0 Å². The molecule has 126 valence electrons. The molecule has 0 aromatic heterocycles. The van der Waals surface area contributed by atoms with Crippen LogP contribution in [0.5, 0.6) is 5.75 Å². The average Bonchev–Trinajstić information content (AvgIpc) is 3.23. The summed E-state index contributed by atoms with van der Waals surface area (Å²) >= 11 is 0. The topological polar surface area (TPSA) is 75.8 Å². The van der Waals surface area contributed by atoms with E-state index in [1.807, 2.05) is 0 Å². The molecule has 1 aromatic rings. The Labute approximate surface area is 135 Å². The highest BCUT2D eigenvalue weighted by atomic mass is 19.1. The number of ether oxygens (including phenoxy) is 1. The number of nitrogens with zero attached hydrogens (tertiary/aromatic N) is 1. The largest absolute Gasteiger partial charge is 0.491 e. The molecule has 6 heteroatoms. The molecule has 2 aliphatic rings. The van der Waals surface area contributed by atoms with Crippen LogP contribution in [0.1, 0.15) is 42.6 Å². The smallest absolute Gasteiger partial charge is 0.254 e. The Morgan fingerprint density at radius 3 is 2.78 bits per heavy atom. The highest BCUT2D eigenvalue weighted by Crippen LogP contribution is 2.35. The zero-order valence-electron chi connectivity index (χ0n) is 13.5. The lowest BCUT2D eigenvalue weighted by atomic mass is 10.0. The molecule has 1 aliphatic heterocycles. The molecule has 1 atom stereocenters. The maximum Gasteiger partial charge on any atom is 0.254 e. The molecular formula is C17H23FN2O3. The predicted octanol–water partition coefficient (Wildman–Crippen LogP) is 2.12. The number of carbonyl (C=O) groups excluding carboxylic acids is 1. The summed E-state index contributed by atoms with van der Waals surface area (Å²) in [4.78, 5) is 13.9. The van der Waals surface area contributed by atoms with Gasteiger partial charge in [-0.1, -0.05) is 0 Å². The minimum absolute atomic E-state index is 0.144. The Hall–Kier alpha value is -1.82. The van der Waals surface area contributed by atoms with Gasteiger partial charge in [-0.3, -0.25) is 4.79 Å². The number of benzene rings is 1. The maximum atomic E-state index is 14.0. The monoisotopic (exact) mass is 322 g/mol. The molecule has 0 spiro atoms. The Morgan fingerprint density at radius 2 is 2.17 bits per heavy atom. The van der Waals surface area contributed by atoms with Crippen LogP contribution in [-0.2, 0) is 6.54 Å². The van der Waals surface area contributed by atoms with Crippen molar-refractivity contribution in [1.82, 2.24) is 4.90 Å². The molecule has 1 amide bonds. The predicted molar refractivity (Wildman–Crippen MR) is 85.0 cm³/mol. The van der Waals surface area contributed by atoms with E-state index in [1.54, 1.807) is 12.1 Å². The van der Waals surface area contributed by atoms with Gasteiger partial charge in [0, 0.05) is 12.1 Å². The standard InChI is InChI=1S/C17H23FN2O3/c1-17(2,22)15(18)8-20-7-11-5-13(19)14(6-12(11)16(20)21)23-9-10-3-4-10/h5-6,10,15,22H,3-4,7-9,19H2,1-2H3/t15-/m1/s1. The van der Waals surface area contributed by atoms with Crippen LogP contribution in [0.25, 0.3) is 0 Å². The zero-order chi connectivity index (χ0) is 16.8. The minimum atomic E-state index is -1.51. The summed E-state index contributed by atoms with van der Waals surface area (Å²) in [5.41, 5.74) is 6.29.